The predicted octanol–water partition coefficient (Wildman–Crippen LogP) is 2.16. The van der Waals surface area contributed by atoms with E-state index in [0.717, 1.165) is 6.42 Å². The van der Waals surface area contributed by atoms with Gasteiger partial charge in [0.05, 0.1) is 19.3 Å². The van der Waals surface area contributed by atoms with Gasteiger partial charge in [-0.2, -0.15) is 0 Å². The number of amides is 2. The summed E-state index contributed by atoms with van der Waals surface area (Å²) in [6.45, 7) is 1.31. The van der Waals surface area contributed by atoms with E-state index in [9.17, 15) is 9.59 Å². The van der Waals surface area contributed by atoms with E-state index in [4.69, 9.17) is 9.47 Å². The second-order valence-corrected chi connectivity index (χ2v) is 7.70. The maximum atomic E-state index is 12.9. The first kappa shape index (κ1) is 20.6. The third-order valence-corrected chi connectivity index (χ3v) is 5.67. The summed E-state index contributed by atoms with van der Waals surface area (Å²) < 4.78 is 11.0. The Morgan fingerprint density at radius 1 is 1.32 bits per heavy atom. The highest BCUT2D eigenvalue weighted by molar-refractivity contribution is 5.88. The molecule has 0 unspecified atom stereocenters. The molecule has 2 aliphatic rings. The molecule has 1 saturated heterocycles. The van der Waals surface area contributed by atoms with Gasteiger partial charge in [-0.1, -0.05) is 25.7 Å². The summed E-state index contributed by atoms with van der Waals surface area (Å²) in [4.78, 5) is 31.3. The zero-order chi connectivity index (χ0) is 19.8. The summed E-state index contributed by atoms with van der Waals surface area (Å²) in [7, 11) is 1.60. The van der Waals surface area contributed by atoms with Crippen LogP contribution in [0, 0.1) is 5.92 Å². The van der Waals surface area contributed by atoms with E-state index >= 15 is 0 Å². The molecule has 2 fully saturated rings. The molecule has 0 spiro atoms. The Kier molecular flexibility index (Phi) is 7.65. The standard InChI is InChI=1S/C21H31N3O4/c1-27-12-11-23-21(26)19-13-18(28-17-7-4-10-22-14-17)15-24(19)20(25)9-8-16-5-2-3-6-16/h4,7,10,14,16,18-19H,2-3,5-6,8-9,11-13,15H2,1H3,(H,23,26)/t18-,19-/m0/s1. The second kappa shape index (κ2) is 10.4. The number of nitrogens with zero attached hydrogens (tertiary/aromatic N) is 2. The van der Waals surface area contributed by atoms with Gasteiger partial charge in [0.1, 0.15) is 17.9 Å². The number of carbonyl (C=O) groups excluding carboxylic acids is 2. The fourth-order valence-electron chi connectivity index (χ4n) is 4.18. The highest BCUT2D eigenvalue weighted by atomic mass is 16.5. The second-order valence-electron chi connectivity index (χ2n) is 7.70. The van der Waals surface area contributed by atoms with Crippen molar-refractivity contribution in [2.45, 2.75) is 57.1 Å². The Morgan fingerprint density at radius 3 is 2.86 bits per heavy atom. The molecule has 2 amide bonds. The number of aromatic nitrogens is 1. The molecule has 7 nitrogen and oxygen atoms in total. The summed E-state index contributed by atoms with van der Waals surface area (Å²) in [6, 6.07) is 3.16. The van der Waals surface area contributed by atoms with Gasteiger partial charge in [0.2, 0.25) is 11.8 Å². The summed E-state index contributed by atoms with van der Waals surface area (Å²) >= 11 is 0. The lowest BCUT2D eigenvalue weighted by Gasteiger charge is -2.24. The molecule has 2 heterocycles. The maximum absolute atomic E-state index is 12.9. The lowest BCUT2D eigenvalue weighted by Crippen LogP contribution is -2.46. The maximum Gasteiger partial charge on any atom is 0.243 e. The predicted molar refractivity (Wildman–Crippen MR) is 105 cm³/mol. The molecule has 1 N–H and O–H groups in total. The summed E-state index contributed by atoms with van der Waals surface area (Å²) in [5, 5.41) is 2.87. The van der Waals surface area contributed by atoms with Crippen LogP contribution < -0.4 is 10.1 Å². The van der Waals surface area contributed by atoms with Crippen molar-refractivity contribution < 1.29 is 19.1 Å². The van der Waals surface area contributed by atoms with Crippen LogP contribution in [0.5, 0.6) is 5.75 Å². The Labute approximate surface area is 166 Å². The first-order valence-corrected chi connectivity index (χ1v) is 10.3. The van der Waals surface area contributed by atoms with Crippen LogP contribution in [0.4, 0.5) is 0 Å². The molecular weight excluding hydrogens is 358 g/mol. The van der Waals surface area contributed by atoms with Gasteiger partial charge in [-0.3, -0.25) is 14.6 Å². The minimum Gasteiger partial charge on any atom is -0.487 e. The number of likely N-dealkylation sites (tertiary alicyclic amines) is 1. The number of ether oxygens (including phenoxy) is 2. The van der Waals surface area contributed by atoms with E-state index in [2.05, 4.69) is 10.3 Å². The van der Waals surface area contributed by atoms with Crippen molar-refractivity contribution in [2.24, 2.45) is 5.92 Å². The van der Waals surface area contributed by atoms with E-state index in [0.29, 0.717) is 44.2 Å². The number of carbonyl (C=O) groups is 2. The molecule has 1 saturated carbocycles. The van der Waals surface area contributed by atoms with Crippen LogP contribution in [-0.2, 0) is 14.3 Å². The molecular formula is C21H31N3O4. The molecule has 2 atom stereocenters. The van der Waals surface area contributed by atoms with Crippen molar-refractivity contribution in [3.8, 4) is 5.75 Å². The number of pyridine rings is 1. The van der Waals surface area contributed by atoms with Crippen molar-refractivity contribution in [1.82, 2.24) is 15.2 Å². The van der Waals surface area contributed by atoms with Crippen molar-refractivity contribution in [1.29, 1.82) is 0 Å². The lowest BCUT2D eigenvalue weighted by molar-refractivity contribution is -0.138. The monoisotopic (exact) mass is 389 g/mol. The number of nitrogens with one attached hydrogen (secondary N) is 1. The zero-order valence-corrected chi connectivity index (χ0v) is 16.6. The van der Waals surface area contributed by atoms with E-state index < -0.39 is 6.04 Å². The highest BCUT2D eigenvalue weighted by Crippen LogP contribution is 2.30. The minimum absolute atomic E-state index is 0.0519. The topological polar surface area (TPSA) is 80.8 Å². The van der Waals surface area contributed by atoms with Crippen molar-refractivity contribution >= 4 is 11.8 Å². The third-order valence-electron chi connectivity index (χ3n) is 5.67. The van der Waals surface area contributed by atoms with Gasteiger partial charge in [0, 0.05) is 32.7 Å². The molecule has 0 aromatic carbocycles. The van der Waals surface area contributed by atoms with Gasteiger partial charge < -0.3 is 19.7 Å². The largest absolute Gasteiger partial charge is 0.487 e. The third kappa shape index (κ3) is 5.67. The fraction of sp³-hybridized carbons (Fsp3) is 0.667. The summed E-state index contributed by atoms with van der Waals surface area (Å²) in [5.74, 6) is 1.23. The quantitative estimate of drug-likeness (QED) is 0.655. The van der Waals surface area contributed by atoms with Gasteiger partial charge in [-0.15, -0.1) is 0 Å². The molecule has 0 radical (unpaired) electrons. The fourth-order valence-corrected chi connectivity index (χ4v) is 4.18. The van der Waals surface area contributed by atoms with Crippen molar-refractivity contribution in [2.75, 3.05) is 26.8 Å². The smallest absolute Gasteiger partial charge is 0.243 e. The average Bonchev–Trinajstić information content (AvgIpc) is 3.37. The number of hydrogen-bond donors (Lipinski definition) is 1. The first-order chi connectivity index (χ1) is 13.7. The van der Waals surface area contributed by atoms with Gasteiger partial charge in [0.15, 0.2) is 0 Å². The van der Waals surface area contributed by atoms with Gasteiger partial charge in [-0.05, 0) is 24.5 Å². The van der Waals surface area contributed by atoms with Gasteiger partial charge >= 0.3 is 0 Å². The van der Waals surface area contributed by atoms with Crippen LogP contribution in [-0.4, -0.2) is 60.7 Å². The molecule has 3 rings (SSSR count). The lowest BCUT2D eigenvalue weighted by atomic mass is 10.0. The van der Waals surface area contributed by atoms with Crippen LogP contribution in [0.3, 0.4) is 0 Å². The molecule has 0 bridgehead atoms. The molecule has 1 aromatic rings. The molecule has 1 aromatic heterocycles. The summed E-state index contributed by atoms with van der Waals surface area (Å²) in [6.07, 6.45) is 10.0. The number of hydrogen-bond acceptors (Lipinski definition) is 5. The number of methoxy groups -OCH3 is 1. The minimum atomic E-state index is -0.491. The normalized spacial score (nSPS) is 22.4. The van der Waals surface area contributed by atoms with Gasteiger partial charge in [-0.25, -0.2) is 0 Å². The van der Waals surface area contributed by atoms with E-state index in [1.165, 1.54) is 25.7 Å². The Morgan fingerprint density at radius 2 is 2.14 bits per heavy atom. The van der Waals surface area contributed by atoms with Crippen molar-refractivity contribution in [3.05, 3.63) is 24.5 Å². The SMILES string of the molecule is COCCNC(=O)[C@@H]1C[C@H](Oc2cccnc2)CN1C(=O)CCC1CCCC1. The molecule has 154 valence electrons. The van der Waals surface area contributed by atoms with Crippen LogP contribution in [0.15, 0.2) is 24.5 Å². The van der Waals surface area contributed by atoms with Crippen molar-refractivity contribution in [3.63, 3.8) is 0 Å². The first-order valence-electron chi connectivity index (χ1n) is 10.3. The van der Waals surface area contributed by atoms with Gasteiger partial charge in [0.25, 0.3) is 0 Å². The van der Waals surface area contributed by atoms with Crippen LogP contribution >= 0.6 is 0 Å². The van der Waals surface area contributed by atoms with E-state index in [-0.39, 0.29) is 17.9 Å². The van der Waals surface area contributed by atoms with Crippen LogP contribution in [0.25, 0.3) is 0 Å². The zero-order valence-electron chi connectivity index (χ0n) is 16.6. The van der Waals surface area contributed by atoms with Crippen LogP contribution in [0.1, 0.15) is 44.9 Å². The Hall–Kier alpha value is -2.15. The molecule has 7 heteroatoms. The summed E-state index contributed by atoms with van der Waals surface area (Å²) in [5.41, 5.74) is 0. The molecule has 1 aliphatic carbocycles. The molecule has 1 aliphatic heterocycles. The van der Waals surface area contributed by atoms with Crippen LogP contribution in [0.2, 0.25) is 0 Å². The molecule has 28 heavy (non-hydrogen) atoms. The number of rotatable bonds is 9. The average molecular weight is 389 g/mol. The van der Waals surface area contributed by atoms with E-state index in [1.807, 2.05) is 12.1 Å². The van der Waals surface area contributed by atoms with E-state index in [1.54, 1.807) is 24.4 Å². The Balaban J connectivity index is 1.60. The Bertz CT molecular complexity index is 634. The highest BCUT2D eigenvalue weighted by Gasteiger charge is 2.40.